The molecule has 1 aliphatic heterocycles. The number of amides is 1. The van der Waals surface area contributed by atoms with Gasteiger partial charge in [0.1, 0.15) is 5.75 Å². The van der Waals surface area contributed by atoms with Crippen LogP contribution in [0, 0.1) is 11.8 Å². The minimum atomic E-state index is -4.89. The van der Waals surface area contributed by atoms with Crippen LogP contribution in [0.5, 0.6) is 5.75 Å². The van der Waals surface area contributed by atoms with Crippen molar-refractivity contribution in [1.82, 2.24) is 9.21 Å². The van der Waals surface area contributed by atoms with E-state index in [1.165, 1.54) is 29.3 Å². The summed E-state index contributed by atoms with van der Waals surface area (Å²) >= 11 is 0. The fourth-order valence-corrected chi connectivity index (χ4v) is 5.45. The smallest absolute Gasteiger partial charge is 0.406 e. The lowest BCUT2D eigenvalue weighted by atomic mass is 9.96. The molecule has 0 unspecified atom stereocenters. The molecule has 6 nitrogen and oxygen atoms in total. The Labute approximate surface area is 174 Å². The first-order chi connectivity index (χ1) is 14.1. The first-order valence-electron chi connectivity index (χ1n) is 10.3. The summed E-state index contributed by atoms with van der Waals surface area (Å²) in [6.45, 7) is 1.16. The Morgan fingerprint density at radius 1 is 1.10 bits per heavy atom. The van der Waals surface area contributed by atoms with Crippen LogP contribution in [0.3, 0.4) is 0 Å². The summed E-state index contributed by atoms with van der Waals surface area (Å²) in [6.07, 6.45) is 0.378. The molecule has 0 bridgehead atoms. The maximum absolute atomic E-state index is 13.0. The number of alkyl halides is 3. The number of hydrogen-bond donors (Lipinski definition) is 0. The van der Waals surface area contributed by atoms with E-state index in [1.54, 1.807) is 0 Å². The molecule has 3 aliphatic rings. The molecular weight excluding hydrogens is 421 g/mol. The Bertz CT molecular complexity index is 890. The zero-order valence-corrected chi connectivity index (χ0v) is 17.3. The van der Waals surface area contributed by atoms with Crippen molar-refractivity contribution in [3.8, 4) is 5.75 Å². The van der Waals surface area contributed by atoms with Crippen molar-refractivity contribution in [2.75, 3.05) is 19.6 Å². The average Bonchev–Trinajstić information content (AvgIpc) is 3.59. The fraction of sp³-hybridized carbons (Fsp3) is 0.650. The summed E-state index contributed by atoms with van der Waals surface area (Å²) < 4.78 is 68.1. The quantitative estimate of drug-likeness (QED) is 0.644. The van der Waals surface area contributed by atoms with Crippen LogP contribution in [0.4, 0.5) is 13.2 Å². The second kappa shape index (κ2) is 8.03. The Balaban J connectivity index is 1.39. The number of benzene rings is 1. The summed E-state index contributed by atoms with van der Waals surface area (Å²) in [5, 5.41) is 0. The molecule has 0 spiro atoms. The molecule has 2 saturated carbocycles. The summed E-state index contributed by atoms with van der Waals surface area (Å²) in [5.74, 6) is -0.0345. The fourth-order valence-electron chi connectivity index (χ4n) is 3.94. The van der Waals surface area contributed by atoms with E-state index in [0.717, 1.165) is 31.5 Å². The molecular formula is C20H25F3N2O4S. The predicted molar refractivity (Wildman–Crippen MR) is 102 cm³/mol. The minimum absolute atomic E-state index is 0.127. The van der Waals surface area contributed by atoms with Gasteiger partial charge in [-0.05, 0) is 56.6 Å². The Morgan fingerprint density at radius 2 is 1.77 bits per heavy atom. The molecule has 2 aliphatic carbocycles. The number of hydrogen-bond acceptors (Lipinski definition) is 4. The first kappa shape index (κ1) is 21.4. The van der Waals surface area contributed by atoms with Crippen molar-refractivity contribution in [2.24, 2.45) is 11.8 Å². The van der Waals surface area contributed by atoms with Crippen molar-refractivity contribution < 1.29 is 31.1 Å². The number of ether oxygens (including phenoxy) is 1. The highest BCUT2D eigenvalue weighted by Gasteiger charge is 2.41. The second-order valence-electron chi connectivity index (χ2n) is 8.37. The summed E-state index contributed by atoms with van der Waals surface area (Å²) in [4.78, 5) is 14.7. The molecule has 0 aromatic heterocycles. The molecule has 1 aromatic rings. The van der Waals surface area contributed by atoms with E-state index in [2.05, 4.69) is 4.74 Å². The first-order valence-corrected chi connectivity index (χ1v) is 11.7. The van der Waals surface area contributed by atoms with Crippen LogP contribution < -0.4 is 4.74 Å². The molecule has 1 saturated heterocycles. The van der Waals surface area contributed by atoms with Gasteiger partial charge in [-0.1, -0.05) is 6.07 Å². The second-order valence-corrected chi connectivity index (χ2v) is 10.3. The van der Waals surface area contributed by atoms with Gasteiger partial charge >= 0.3 is 6.36 Å². The lowest BCUT2D eigenvalue weighted by molar-refractivity contribution is -0.274. The molecule has 3 fully saturated rings. The van der Waals surface area contributed by atoms with Crippen molar-refractivity contribution >= 4 is 15.9 Å². The maximum atomic E-state index is 13.0. The number of piperidine rings is 1. The number of carbonyl (C=O) groups is 1. The van der Waals surface area contributed by atoms with Gasteiger partial charge in [0.05, 0.1) is 4.90 Å². The number of carbonyl (C=O) groups excluding carboxylic acids is 1. The van der Waals surface area contributed by atoms with Crippen LogP contribution >= 0.6 is 0 Å². The lowest BCUT2D eigenvalue weighted by Crippen LogP contribution is -2.45. The van der Waals surface area contributed by atoms with Crippen molar-refractivity contribution in [3.63, 3.8) is 0 Å². The summed E-state index contributed by atoms with van der Waals surface area (Å²) in [5.41, 5.74) is 0. The highest BCUT2D eigenvalue weighted by Crippen LogP contribution is 2.37. The Morgan fingerprint density at radius 3 is 2.33 bits per heavy atom. The van der Waals surface area contributed by atoms with Gasteiger partial charge in [-0.3, -0.25) is 4.79 Å². The number of nitrogens with zero attached hydrogens (tertiary/aromatic N) is 2. The van der Waals surface area contributed by atoms with E-state index in [9.17, 15) is 26.4 Å². The third kappa shape index (κ3) is 5.08. The highest BCUT2D eigenvalue weighted by molar-refractivity contribution is 7.89. The molecule has 10 heteroatoms. The van der Waals surface area contributed by atoms with Gasteiger partial charge in [0.15, 0.2) is 0 Å². The number of sulfonamides is 1. The molecule has 0 N–H and O–H groups in total. The van der Waals surface area contributed by atoms with E-state index in [1.807, 2.05) is 4.90 Å². The van der Waals surface area contributed by atoms with Crippen LogP contribution in [-0.4, -0.2) is 55.6 Å². The SMILES string of the molecule is O=C(C1CCN(S(=O)(=O)c2cccc(OC(F)(F)F)c2)CC1)N(CC1CC1)C1CC1. The molecule has 1 heterocycles. The Kier molecular flexibility index (Phi) is 5.73. The van der Waals surface area contributed by atoms with Gasteiger partial charge in [-0.2, -0.15) is 4.31 Å². The molecule has 0 radical (unpaired) electrons. The monoisotopic (exact) mass is 446 g/mol. The molecule has 0 atom stereocenters. The number of halogens is 3. The highest BCUT2D eigenvalue weighted by atomic mass is 32.2. The van der Waals surface area contributed by atoms with Crippen molar-refractivity contribution in [1.29, 1.82) is 0 Å². The van der Waals surface area contributed by atoms with Gasteiger partial charge in [0.25, 0.3) is 0 Å². The zero-order valence-electron chi connectivity index (χ0n) is 16.5. The minimum Gasteiger partial charge on any atom is -0.406 e. The molecule has 1 aromatic carbocycles. The zero-order chi connectivity index (χ0) is 21.5. The average molecular weight is 446 g/mol. The van der Waals surface area contributed by atoms with Gasteiger partial charge in [0, 0.05) is 37.7 Å². The van der Waals surface area contributed by atoms with E-state index >= 15 is 0 Å². The van der Waals surface area contributed by atoms with Crippen LogP contribution in [0.1, 0.15) is 38.5 Å². The molecule has 1 amide bonds. The van der Waals surface area contributed by atoms with Crippen molar-refractivity contribution in [3.05, 3.63) is 24.3 Å². The predicted octanol–water partition coefficient (Wildman–Crippen LogP) is 3.39. The number of rotatable bonds is 7. The third-order valence-electron chi connectivity index (χ3n) is 5.90. The lowest BCUT2D eigenvalue weighted by Gasteiger charge is -2.34. The van der Waals surface area contributed by atoms with Crippen LogP contribution in [-0.2, 0) is 14.8 Å². The van der Waals surface area contributed by atoms with Crippen LogP contribution in [0.15, 0.2) is 29.2 Å². The largest absolute Gasteiger partial charge is 0.573 e. The van der Waals surface area contributed by atoms with Crippen LogP contribution in [0.2, 0.25) is 0 Å². The summed E-state index contributed by atoms with van der Waals surface area (Å²) in [6, 6.07) is 4.75. The van der Waals surface area contributed by atoms with Gasteiger partial charge < -0.3 is 9.64 Å². The van der Waals surface area contributed by atoms with E-state index in [-0.39, 0.29) is 29.8 Å². The van der Waals surface area contributed by atoms with E-state index in [4.69, 9.17) is 0 Å². The topological polar surface area (TPSA) is 66.9 Å². The van der Waals surface area contributed by atoms with Crippen LogP contribution in [0.25, 0.3) is 0 Å². The normalized spacial score (nSPS) is 21.4. The summed E-state index contributed by atoms with van der Waals surface area (Å²) in [7, 11) is -3.96. The van der Waals surface area contributed by atoms with E-state index in [0.29, 0.717) is 24.8 Å². The van der Waals surface area contributed by atoms with Gasteiger partial charge in [-0.15, -0.1) is 13.2 Å². The van der Waals surface area contributed by atoms with Crippen molar-refractivity contribution in [2.45, 2.75) is 55.8 Å². The Hall–Kier alpha value is -1.81. The van der Waals surface area contributed by atoms with E-state index < -0.39 is 22.1 Å². The standard InChI is InChI=1S/C20H25F3N2O4S/c21-20(22,23)29-17-2-1-3-18(12-17)30(27,28)24-10-8-15(9-11-24)19(26)25(16-6-7-16)13-14-4-5-14/h1-3,12,14-16H,4-11,13H2. The molecule has 166 valence electrons. The molecule has 4 rings (SSSR count). The van der Waals surface area contributed by atoms with Gasteiger partial charge in [0.2, 0.25) is 15.9 Å². The maximum Gasteiger partial charge on any atom is 0.573 e. The molecule has 30 heavy (non-hydrogen) atoms. The third-order valence-corrected chi connectivity index (χ3v) is 7.80. The van der Waals surface area contributed by atoms with Gasteiger partial charge in [-0.25, -0.2) is 8.42 Å².